The van der Waals surface area contributed by atoms with Gasteiger partial charge >= 0.3 is 0 Å². The first-order chi connectivity index (χ1) is 11.2. The van der Waals surface area contributed by atoms with Gasteiger partial charge in [0.15, 0.2) is 0 Å². The number of halogens is 1. The Kier molecular flexibility index (Phi) is 4.86. The van der Waals surface area contributed by atoms with Gasteiger partial charge in [-0.25, -0.2) is 9.37 Å². The van der Waals surface area contributed by atoms with Crippen molar-refractivity contribution in [1.29, 1.82) is 0 Å². The number of fused-ring (bicyclic) bond motifs is 1. The van der Waals surface area contributed by atoms with Crippen LogP contribution in [0, 0.1) is 5.82 Å². The fourth-order valence-electron chi connectivity index (χ4n) is 2.87. The molecule has 0 atom stereocenters. The zero-order chi connectivity index (χ0) is 16.1. The van der Waals surface area contributed by atoms with Crippen LogP contribution in [-0.2, 0) is 12.8 Å². The lowest BCUT2D eigenvalue weighted by molar-refractivity contribution is 0.622. The van der Waals surface area contributed by atoms with E-state index in [2.05, 4.69) is 17.1 Å². The lowest BCUT2D eigenvalue weighted by Crippen LogP contribution is -1.92. The number of rotatable bonds is 6. The van der Waals surface area contributed by atoms with Gasteiger partial charge < -0.3 is 5.73 Å². The van der Waals surface area contributed by atoms with Crippen molar-refractivity contribution in [3.8, 4) is 0 Å². The molecule has 2 N–H and O–H groups in total. The second-order valence-corrected chi connectivity index (χ2v) is 5.95. The fraction of sp³-hybridized carbons (Fsp3) is 0.250. The van der Waals surface area contributed by atoms with Gasteiger partial charge in [-0.15, -0.1) is 0 Å². The Morgan fingerprint density at radius 3 is 2.39 bits per heavy atom. The third-order valence-corrected chi connectivity index (χ3v) is 4.10. The van der Waals surface area contributed by atoms with Crippen LogP contribution in [-0.4, -0.2) is 4.98 Å². The molecule has 0 radical (unpaired) electrons. The number of hydrogen-bond acceptors (Lipinski definition) is 2. The van der Waals surface area contributed by atoms with E-state index in [1.807, 2.05) is 24.3 Å². The minimum Gasteiger partial charge on any atom is -0.384 e. The SMILES string of the molecule is Nc1ccc2cc(CCCCCc3cccc(F)c3)ccc2n1. The summed E-state index contributed by atoms with van der Waals surface area (Å²) in [7, 11) is 0. The maximum absolute atomic E-state index is 13.1. The highest BCUT2D eigenvalue weighted by molar-refractivity contribution is 5.80. The van der Waals surface area contributed by atoms with Crippen LogP contribution in [0.25, 0.3) is 10.9 Å². The van der Waals surface area contributed by atoms with Gasteiger partial charge in [-0.3, -0.25) is 0 Å². The summed E-state index contributed by atoms with van der Waals surface area (Å²) in [5.41, 5.74) is 9.05. The van der Waals surface area contributed by atoms with Gasteiger partial charge in [0.25, 0.3) is 0 Å². The molecule has 3 heteroatoms. The maximum atomic E-state index is 13.1. The molecule has 0 spiro atoms. The number of hydrogen-bond donors (Lipinski definition) is 1. The van der Waals surface area contributed by atoms with Crippen molar-refractivity contribution in [3.63, 3.8) is 0 Å². The largest absolute Gasteiger partial charge is 0.384 e. The van der Waals surface area contributed by atoms with Crippen LogP contribution in [0.3, 0.4) is 0 Å². The monoisotopic (exact) mass is 308 g/mol. The zero-order valence-electron chi connectivity index (χ0n) is 13.1. The van der Waals surface area contributed by atoms with E-state index in [9.17, 15) is 4.39 Å². The molecular formula is C20H21FN2. The average molecular weight is 308 g/mol. The van der Waals surface area contributed by atoms with E-state index in [1.165, 1.54) is 11.6 Å². The second kappa shape index (κ2) is 7.23. The van der Waals surface area contributed by atoms with Crippen LogP contribution in [0.15, 0.2) is 54.6 Å². The molecule has 23 heavy (non-hydrogen) atoms. The normalized spacial score (nSPS) is 11.0. The molecule has 0 aliphatic carbocycles. The van der Waals surface area contributed by atoms with Crippen molar-refractivity contribution in [2.75, 3.05) is 5.73 Å². The van der Waals surface area contributed by atoms with Gasteiger partial charge in [0.2, 0.25) is 0 Å². The Hall–Kier alpha value is -2.42. The van der Waals surface area contributed by atoms with Crippen molar-refractivity contribution < 1.29 is 4.39 Å². The number of anilines is 1. The molecular weight excluding hydrogens is 287 g/mol. The van der Waals surface area contributed by atoms with Gasteiger partial charge in [-0.1, -0.05) is 24.6 Å². The molecule has 0 saturated carbocycles. The van der Waals surface area contributed by atoms with E-state index in [1.54, 1.807) is 12.1 Å². The first-order valence-corrected chi connectivity index (χ1v) is 8.10. The number of nitrogen functional groups attached to an aromatic ring is 1. The van der Waals surface area contributed by atoms with Gasteiger partial charge in [-0.2, -0.15) is 0 Å². The van der Waals surface area contributed by atoms with Crippen LogP contribution in [0.5, 0.6) is 0 Å². The molecule has 2 aromatic carbocycles. The minimum atomic E-state index is -0.145. The lowest BCUT2D eigenvalue weighted by Gasteiger charge is -2.05. The first-order valence-electron chi connectivity index (χ1n) is 8.10. The minimum absolute atomic E-state index is 0.145. The Morgan fingerprint density at radius 2 is 1.61 bits per heavy atom. The quantitative estimate of drug-likeness (QED) is 0.657. The highest BCUT2D eigenvalue weighted by Gasteiger charge is 2.00. The molecule has 3 aromatic rings. The van der Waals surface area contributed by atoms with Crippen molar-refractivity contribution in [2.24, 2.45) is 0 Å². The molecule has 0 fully saturated rings. The number of unbranched alkanes of at least 4 members (excludes halogenated alkanes) is 2. The van der Waals surface area contributed by atoms with Gasteiger partial charge in [0.1, 0.15) is 11.6 Å². The van der Waals surface area contributed by atoms with Crippen molar-refractivity contribution >= 4 is 16.7 Å². The number of aromatic nitrogens is 1. The summed E-state index contributed by atoms with van der Waals surface area (Å²) in [6.45, 7) is 0. The first kappa shape index (κ1) is 15.5. The van der Waals surface area contributed by atoms with Crippen LogP contribution in [0.1, 0.15) is 30.4 Å². The van der Waals surface area contributed by atoms with E-state index in [0.29, 0.717) is 5.82 Å². The summed E-state index contributed by atoms with van der Waals surface area (Å²) in [5, 5.41) is 1.14. The molecule has 0 aliphatic rings. The highest BCUT2D eigenvalue weighted by atomic mass is 19.1. The Morgan fingerprint density at radius 1 is 0.826 bits per heavy atom. The van der Waals surface area contributed by atoms with Crippen LogP contribution < -0.4 is 5.73 Å². The van der Waals surface area contributed by atoms with Gasteiger partial charge in [0, 0.05) is 5.39 Å². The molecule has 0 bridgehead atoms. The van der Waals surface area contributed by atoms with Crippen molar-refractivity contribution in [1.82, 2.24) is 4.98 Å². The Bertz CT molecular complexity index is 799. The molecule has 0 unspecified atom stereocenters. The summed E-state index contributed by atoms with van der Waals surface area (Å²) < 4.78 is 13.1. The number of benzene rings is 2. The van der Waals surface area contributed by atoms with Gasteiger partial charge in [0.05, 0.1) is 5.52 Å². The Labute approximate surface area is 136 Å². The molecule has 0 aliphatic heterocycles. The molecule has 0 saturated heterocycles. The van der Waals surface area contributed by atoms with Crippen molar-refractivity contribution in [3.05, 3.63) is 71.5 Å². The average Bonchev–Trinajstić information content (AvgIpc) is 2.54. The van der Waals surface area contributed by atoms with Crippen LogP contribution in [0.4, 0.5) is 10.2 Å². The number of nitrogens with zero attached hydrogens (tertiary/aromatic N) is 1. The van der Waals surface area contributed by atoms with Crippen LogP contribution in [0.2, 0.25) is 0 Å². The second-order valence-electron chi connectivity index (χ2n) is 5.95. The van der Waals surface area contributed by atoms with Crippen molar-refractivity contribution in [2.45, 2.75) is 32.1 Å². The summed E-state index contributed by atoms with van der Waals surface area (Å²) in [5.74, 6) is 0.413. The topological polar surface area (TPSA) is 38.9 Å². The van der Waals surface area contributed by atoms with E-state index in [-0.39, 0.29) is 5.82 Å². The third-order valence-electron chi connectivity index (χ3n) is 4.10. The van der Waals surface area contributed by atoms with E-state index in [4.69, 9.17) is 5.73 Å². The summed E-state index contributed by atoms with van der Waals surface area (Å²) in [6, 6.07) is 17.1. The Balaban J connectivity index is 1.48. The van der Waals surface area contributed by atoms with E-state index in [0.717, 1.165) is 48.6 Å². The standard InChI is InChI=1S/C20H21FN2/c21-18-8-4-7-15(14-18)5-2-1-3-6-16-9-11-19-17(13-16)10-12-20(22)23-19/h4,7-14H,1-3,5-6H2,(H2,22,23). The number of aryl methyl sites for hydroxylation is 2. The van der Waals surface area contributed by atoms with Gasteiger partial charge in [-0.05, 0) is 73.2 Å². The predicted molar refractivity (Wildman–Crippen MR) is 93.8 cm³/mol. The lowest BCUT2D eigenvalue weighted by atomic mass is 10.0. The highest BCUT2D eigenvalue weighted by Crippen LogP contribution is 2.18. The molecule has 118 valence electrons. The van der Waals surface area contributed by atoms with E-state index >= 15 is 0 Å². The summed E-state index contributed by atoms with van der Waals surface area (Å²) in [4.78, 5) is 4.31. The molecule has 0 amide bonds. The molecule has 1 heterocycles. The number of nitrogens with two attached hydrogens (primary N) is 1. The molecule has 3 rings (SSSR count). The zero-order valence-corrected chi connectivity index (χ0v) is 13.1. The fourth-order valence-corrected chi connectivity index (χ4v) is 2.87. The van der Waals surface area contributed by atoms with E-state index < -0.39 is 0 Å². The summed E-state index contributed by atoms with van der Waals surface area (Å²) in [6.07, 6.45) is 5.38. The number of pyridine rings is 1. The van der Waals surface area contributed by atoms with Crippen LogP contribution >= 0.6 is 0 Å². The maximum Gasteiger partial charge on any atom is 0.124 e. The predicted octanol–water partition coefficient (Wildman–Crippen LogP) is 4.91. The smallest absolute Gasteiger partial charge is 0.124 e. The molecule has 1 aromatic heterocycles. The third kappa shape index (κ3) is 4.28. The summed E-state index contributed by atoms with van der Waals surface area (Å²) >= 11 is 0. The molecule has 2 nitrogen and oxygen atoms in total.